The predicted octanol–water partition coefficient (Wildman–Crippen LogP) is 2.73. The van der Waals surface area contributed by atoms with E-state index in [4.69, 9.17) is 17.3 Å². The number of hydrogen-bond acceptors (Lipinski definition) is 5. The fraction of sp³-hybridized carbons (Fsp3) is 0.0667. The number of rotatable bonds is 3. The Hall–Kier alpha value is -2.38. The van der Waals surface area contributed by atoms with E-state index >= 15 is 0 Å². The number of aryl methyl sites for hydroxylation is 1. The molecule has 1 heterocycles. The van der Waals surface area contributed by atoms with Gasteiger partial charge in [-0.15, -0.1) is 9.19 Å². The van der Waals surface area contributed by atoms with Gasteiger partial charge in [-0.05, 0) is 43.3 Å². The summed E-state index contributed by atoms with van der Waals surface area (Å²) in [5, 5.41) is 4.59. The van der Waals surface area contributed by atoms with Gasteiger partial charge in [0.15, 0.2) is 5.82 Å². The Morgan fingerprint density at radius 3 is 2.26 bits per heavy atom. The van der Waals surface area contributed by atoms with Gasteiger partial charge in [-0.2, -0.15) is 13.4 Å². The van der Waals surface area contributed by atoms with E-state index in [0.717, 1.165) is 9.65 Å². The van der Waals surface area contributed by atoms with Crippen molar-refractivity contribution in [1.29, 1.82) is 0 Å². The van der Waals surface area contributed by atoms with Gasteiger partial charge in [-0.25, -0.2) is 0 Å². The zero-order valence-electron chi connectivity index (χ0n) is 12.1. The highest BCUT2D eigenvalue weighted by molar-refractivity contribution is 7.90. The van der Waals surface area contributed by atoms with Crippen molar-refractivity contribution in [1.82, 2.24) is 14.2 Å². The van der Waals surface area contributed by atoms with E-state index < -0.39 is 10.0 Å². The van der Waals surface area contributed by atoms with Crippen LogP contribution in [0.3, 0.4) is 0 Å². The average molecular weight is 349 g/mol. The van der Waals surface area contributed by atoms with Crippen molar-refractivity contribution >= 4 is 27.6 Å². The van der Waals surface area contributed by atoms with E-state index in [1.165, 1.54) is 12.1 Å². The first kappa shape index (κ1) is 15.5. The summed E-state index contributed by atoms with van der Waals surface area (Å²) in [6.45, 7) is 1.87. The lowest BCUT2D eigenvalue weighted by Crippen LogP contribution is -2.17. The lowest BCUT2D eigenvalue weighted by molar-refractivity contribution is 0.581. The highest BCUT2D eigenvalue weighted by Crippen LogP contribution is 2.22. The van der Waals surface area contributed by atoms with Crippen LogP contribution in [0.2, 0.25) is 5.02 Å². The van der Waals surface area contributed by atoms with Gasteiger partial charge < -0.3 is 5.73 Å². The second-order valence-corrected chi connectivity index (χ2v) is 7.17. The van der Waals surface area contributed by atoms with Crippen molar-refractivity contribution in [3.8, 4) is 11.4 Å². The molecule has 0 radical (unpaired) electrons. The molecule has 3 rings (SSSR count). The zero-order valence-corrected chi connectivity index (χ0v) is 13.7. The predicted molar refractivity (Wildman–Crippen MR) is 88.6 cm³/mol. The molecule has 0 amide bonds. The van der Waals surface area contributed by atoms with Crippen LogP contribution in [0.25, 0.3) is 11.4 Å². The summed E-state index contributed by atoms with van der Waals surface area (Å²) < 4.78 is 26.0. The Morgan fingerprint density at radius 1 is 1.04 bits per heavy atom. The fourth-order valence-corrected chi connectivity index (χ4v) is 3.30. The molecule has 0 saturated carbocycles. The number of anilines is 1. The topological polar surface area (TPSA) is 90.9 Å². The van der Waals surface area contributed by atoms with Crippen LogP contribution in [0, 0.1) is 6.92 Å². The molecule has 0 spiro atoms. The number of halogens is 1. The number of nitrogens with two attached hydrogens (primary N) is 1. The van der Waals surface area contributed by atoms with E-state index in [0.29, 0.717) is 10.6 Å². The molecule has 23 heavy (non-hydrogen) atoms. The Morgan fingerprint density at radius 2 is 1.65 bits per heavy atom. The van der Waals surface area contributed by atoms with Crippen LogP contribution in [0.1, 0.15) is 5.56 Å². The Balaban J connectivity index is 2.07. The van der Waals surface area contributed by atoms with Crippen molar-refractivity contribution in [2.24, 2.45) is 0 Å². The smallest absolute Gasteiger partial charge is 0.286 e. The number of aromatic nitrogens is 3. The summed E-state index contributed by atoms with van der Waals surface area (Å²) >= 11 is 5.83. The summed E-state index contributed by atoms with van der Waals surface area (Å²) in [5.74, 6) is 0.0189. The quantitative estimate of drug-likeness (QED) is 0.785. The molecule has 0 atom stereocenters. The molecule has 118 valence electrons. The van der Waals surface area contributed by atoms with Crippen molar-refractivity contribution in [3.63, 3.8) is 0 Å². The molecule has 0 fully saturated rings. The van der Waals surface area contributed by atoms with E-state index in [9.17, 15) is 8.42 Å². The molecule has 8 heteroatoms. The van der Waals surface area contributed by atoms with Gasteiger partial charge in [-0.1, -0.05) is 29.3 Å². The van der Waals surface area contributed by atoms with Crippen molar-refractivity contribution in [2.75, 3.05) is 5.73 Å². The van der Waals surface area contributed by atoms with Crippen LogP contribution in [-0.4, -0.2) is 22.6 Å². The second kappa shape index (κ2) is 5.68. The Bertz CT molecular complexity index is 948. The van der Waals surface area contributed by atoms with Gasteiger partial charge >= 0.3 is 0 Å². The largest absolute Gasteiger partial charge is 0.367 e. The lowest BCUT2D eigenvalue weighted by Gasteiger charge is -2.05. The number of nitrogens with zero attached hydrogens (tertiary/aromatic N) is 3. The summed E-state index contributed by atoms with van der Waals surface area (Å²) in [6, 6.07) is 13.2. The van der Waals surface area contributed by atoms with E-state index in [-0.39, 0.29) is 16.7 Å². The Kier molecular flexibility index (Phi) is 3.83. The van der Waals surface area contributed by atoms with Crippen molar-refractivity contribution < 1.29 is 8.42 Å². The van der Waals surface area contributed by atoms with Crippen LogP contribution >= 0.6 is 11.6 Å². The van der Waals surface area contributed by atoms with Crippen LogP contribution in [0.4, 0.5) is 5.95 Å². The molecule has 1 aromatic heterocycles. The van der Waals surface area contributed by atoms with Crippen molar-refractivity contribution in [2.45, 2.75) is 11.8 Å². The standard InChI is InChI=1S/C15H13ClN4O2S/c1-10-2-8-13(9-3-10)23(21,22)20-15(17)18-14(19-20)11-4-6-12(16)7-5-11/h2-9H,1H3,(H2,17,18,19). The maximum atomic E-state index is 12.6. The van der Waals surface area contributed by atoms with E-state index in [2.05, 4.69) is 10.1 Å². The summed E-state index contributed by atoms with van der Waals surface area (Å²) in [5.41, 5.74) is 7.33. The minimum atomic E-state index is -3.89. The van der Waals surface area contributed by atoms with Crippen LogP contribution < -0.4 is 5.73 Å². The van der Waals surface area contributed by atoms with Gasteiger partial charge in [0, 0.05) is 10.6 Å². The maximum absolute atomic E-state index is 12.6. The zero-order chi connectivity index (χ0) is 16.6. The molecule has 0 saturated heterocycles. The maximum Gasteiger partial charge on any atom is 0.286 e. The number of nitrogen functional groups attached to an aromatic ring is 1. The van der Waals surface area contributed by atoms with Gasteiger partial charge in [0.25, 0.3) is 10.0 Å². The third-order valence-corrected chi connectivity index (χ3v) is 5.09. The van der Waals surface area contributed by atoms with Crippen LogP contribution in [-0.2, 0) is 10.0 Å². The number of benzene rings is 2. The minimum Gasteiger partial charge on any atom is -0.367 e. The molecule has 0 aliphatic heterocycles. The third-order valence-electron chi connectivity index (χ3n) is 3.25. The van der Waals surface area contributed by atoms with Gasteiger partial charge in [0.1, 0.15) is 0 Å². The molecule has 3 aromatic rings. The average Bonchev–Trinajstić information content (AvgIpc) is 2.91. The van der Waals surface area contributed by atoms with Crippen molar-refractivity contribution in [3.05, 3.63) is 59.1 Å². The highest BCUT2D eigenvalue weighted by atomic mass is 35.5. The molecule has 2 N–H and O–H groups in total. The fourth-order valence-electron chi connectivity index (χ4n) is 2.02. The Labute approximate surface area is 138 Å². The first-order chi connectivity index (χ1) is 10.9. The van der Waals surface area contributed by atoms with Crippen LogP contribution in [0.5, 0.6) is 0 Å². The first-order valence-corrected chi connectivity index (χ1v) is 8.50. The minimum absolute atomic E-state index is 0.0994. The molecule has 0 aliphatic carbocycles. The molecule has 0 unspecified atom stereocenters. The molecule has 2 aromatic carbocycles. The monoisotopic (exact) mass is 348 g/mol. The molecule has 0 bridgehead atoms. The van der Waals surface area contributed by atoms with Gasteiger partial charge in [0.05, 0.1) is 4.90 Å². The normalized spacial score (nSPS) is 11.6. The van der Waals surface area contributed by atoms with Crippen LogP contribution in [0.15, 0.2) is 53.4 Å². The highest BCUT2D eigenvalue weighted by Gasteiger charge is 2.23. The number of hydrogen-bond donors (Lipinski definition) is 1. The van der Waals surface area contributed by atoms with E-state index in [1.807, 2.05) is 6.92 Å². The summed E-state index contributed by atoms with van der Waals surface area (Å²) in [7, 11) is -3.89. The third kappa shape index (κ3) is 2.93. The molecule has 6 nitrogen and oxygen atoms in total. The summed E-state index contributed by atoms with van der Waals surface area (Å²) in [6.07, 6.45) is 0. The first-order valence-electron chi connectivity index (χ1n) is 6.68. The SMILES string of the molecule is Cc1ccc(S(=O)(=O)n2nc(-c3ccc(Cl)cc3)nc2N)cc1. The van der Waals surface area contributed by atoms with E-state index in [1.54, 1.807) is 36.4 Å². The molecular weight excluding hydrogens is 336 g/mol. The molecule has 0 aliphatic rings. The van der Waals surface area contributed by atoms with Gasteiger partial charge in [-0.3, -0.25) is 0 Å². The van der Waals surface area contributed by atoms with Gasteiger partial charge in [0.2, 0.25) is 5.95 Å². The lowest BCUT2D eigenvalue weighted by atomic mass is 10.2. The molecular formula is C15H13ClN4O2S. The summed E-state index contributed by atoms with van der Waals surface area (Å²) in [4.78, 5) is 4.13. The second-order valence-electron chi connectivity index (χ2n) is 4.96.